The van der Waals surface area contributed by atoms with E-state index in [0.29, 0.717) is 0 Å². The molecule has 0 fully saturated rings. The Morgan fingerprint density at radius 3 is 2.25 bits per heavy atom. The third-order valence-electron chi connectivity index (χ3n) is 0.290. The number of hydrogen-bond acceptors (Lipinski definition) is 2. The summed E-state index contributed by atoms with van der Waals surface area (Å²) in [6.07, 6.45) is 0. The molecule has 0 aliphatic rings. The number of hydrogen-bond donors (Lipinski definition) is 2. The fraction of sp³-hybridized carbons (Fsp3) is 0.333. The van der Waals surface area contributed by atoms with Crippen molar-refractivity contribution < 1.29 is 4.57 Å². The summed E-state index contributed by atoms with van der Waals surface area (Å²) in [5.41, 5.74) is 9.83. The second-order valence-electron chi connectivity index (χ2n) is 1.09. The highest BCUT2D eigenvalue weighted by Crippen LogP contribution is 2.41. The third kappa shape index (κ3) is 6.06. The molecule has 0 aromatic heterocycles. The largest absolute Gasteiger partial charge is 0.276 e. The minimum atomic E-state index is -2.94. The van der Waals surface area contributed by atoms with Crippen molar-refractivity contribution in [2.45, 2.75) is 6.92 Å². The average Bonchev–Trinajstić information content (AvgIpc) is 1.59. The van der Waals surface area contributed by atoms with Crippen LogP contribution in [-0.2, 0) is 4.57 Å². The van der Waals surface area contributed by atoms with Gasteiger partial charge in [-0.1, -0.05) is 5.92 Å². The van der Waals surface area contributed by atoms with E-state index in [2.05, 4.69) is 11.2 Å². The highest BCUT2D eigenvalue weighted by Gasteiger charge is 2.04. The van der Waals surface area contributed by atoms with E-state index < -0.39 is 6.65 Å². The van der Waals surface area contributed by atoms with Crippen molar-refractivity contribution in [3.8, 4) is 11.2 Å². The maximum Gasteiger partial charge on any atom is 0.273 e. The van der Waals surface area contributed by atoms with Crippen LogP contribution in [0.3, 0.4) is 0 Å². The number of nitrogens with two attached hydrogens (primary N) is 2. The Morgan fingerprint density at radius 2 is 2.12 bits per heavy atom. The Labute approximate surface area is 52.4 Å². The predicted octanol–water partition coefficient (Wildman–Crippen LogP) is 0.726. The number of rotatable bonds is 1. The first-order valence-corrected chi connectivity index (χ1v) is 5.10. The quantitative estimate of drug-likeness (QED) is 0.427. The van der Waals surface area contributed by atoms with Crippen LogP contribution in [0.15, 0.2) is 0 Å². The summed E-state index contributed by atoms with van der Waals surface area (Å²) in [7, 11) is 0. The first-order chi connectivity index (χ1) is 3.56. The monoisotopic (exact) mass is 150 g/mol. The van der Waals surface area contributed by atoms with Crippen LogP contribution in [-0.4, -0.2) is 0 Å². The van der Waals surface area contributed by atoms with Gasteiger partial charge in [-0.05, 0) is 12.2 Å². The lowest BCUT2D eigenvalue weighted by Crippen LogP contribution is -1.98. The molecule has 5 heteroatoms. The predicted molar refractivity (Wildman–Crippen MR) is 37.0 cm³/mol. The SMILES string of the molecule is CC#CSP(N)(N)=O. The molecule has 4 N–H and O–H groups in total. The molecule has 0 bridgehead atoms. The third-order valence-corrected chi connectivity index (χ3v) is 2.00. The lowest BCUT2D eigenvalue weighted by Gasteiger charge is -1.94. The lowest BCUT2D eigenvalue weighted by molar-refractivity contribution is 0.587. The van der Waals surface area contributed by atoms with Gasteiger partial charge in [0.1, 0.15) is 0 Å². The van der Waals surface area contributed by atoms with Crippen molar-refractivity contribution in [3.05, 3.63) is 0 Å². The van der Waals surface area contributed by atoms with E-state index >= 15 is 0 Å². The summed E-state index contributed by atoms with van der Waals surface area (Å²) < 4.78 is 10.4. The van der Waals surface area contributed by atoms with Gasteiger partial charge < -0.3 is 0 Å². The van der Waals surface area contributed by atoms with Gasteiger partial charge in [0.2, 0.25) is 0 Å². The fourth-order valence-corrected chi connectivity index (χ4v) is 1.05. The molecule has 0 saturated carbocycles. The van der Waals surface area contributed by atoms with E-state index in [1.165, 1.54) is 0 Å². The molecule has 0 aromatic carbocycles. The summed E-state index contributed by atoms with van der Waals surface area (Å²) in [4.78, 5) is 0. The maximum atomic E-state index is 10.4. The molecule has 46 valence electrons. The van der Waals surface area contributed by atoms with Crippen molar-refractivity contribution in [2.24, 2.45) is 11.0 Å². The van der Waals surface area contributed by atoms with E-state index in [1.807, 2.05) is 0 Å². The van der Waals surface area contributed by atoms with Crippen LogP contribution in [0, 0.1) is 11.2 Å². The van der Waals surface area contributed by atoms with Crippen LogP contribution in [0.25, 0.3) is 0 Å². The summed E-state index contributed by atoms with van der Waals surface area (Å²) in [5.74, 6) is 2.50. The van der Waals surface area contributed by atoms with Gasteiger partial charge in [-0.15, -0.1) is 0 Å². The zero-order valence-electron chi connectivity index (χ0n) is 4.42. The Bertz CT molecular complexity index is 164. The second-order valence-corrected chi connectivity index (χ2v) is 5.03. The summed E-state index contributed by atoms with van der Waals surface area (Å²) >= 11 is 0.784. The molecule has 0 spiro atoms. The molecule has 0 unspecified atom stereocenters. The normalized spacial score (nSPS) is 9.88. The summed E-state index contributed by atoms with van der Waals surface area (Å²) in [5, 5.41) is 2.44. The van der Waals surface area contributed by atoms with Gasteiger partial charge in [0.15, 0.2) is 0 Å². The summed E-state index contributed by atoms with van der Waals surface area (Å²) in [6, 6.07) is 0. The summed E-state index contributed by atoms with van der Waals surface area (Å²) in [6.45, 7) is -1.31. The van der Waals surface area contributed by atoms with Crippen LogP contribution in [0.5, 0.6) is 0 Å². The van der Waals surface area contributed by atoms with E-state index in [9.17, 15) is 4.57 Å². The molecule has 0 heterocycles. The molecule has 0 amide bonds. The zero-order chi connectivity index (χ0) is 6.62. The van der Waals surface area contributed by atoms with Crippen molar-refractivity contribution in [1.82, 2.24) is 0 Å². The van der Waals surface area contributed by atoms with Gasteiger partial charge in [-0.2, -0.15) is 0 Å². The fourth-order valence-electron chi connectivity index (χ4n) is 0.117. The first-order valence-electron chi connectivity index (χ1n) is 1.84. The minimum Gasteiger partial charge on any atom is -0.276 e. The van der Waals surface area contributed by atoms with E-state index in [4.69, 9.17) is 11.0 Å². The van der Waals surface area contributed by atoms with Gasteiger partial charge in [-0.25, -0.2) is 0 Å². The van der Waals surface area contributed by atoms with Gasteiger partial charge in [0, 0.05) is 11.4 Å². The molecule has 0 aliphatic carbocycles. The Kier molecular flexibility index (Phi) is 3.18. The van der Waals surface area contributed by atoms with Gasteiger partial charge in [0.05, 0.1) is 0 Å². The molecule has 0 rings (SSSR count). The molecular formula is C3H7N2OPS. The highest BCUT2D eigenvalue weighted by atomic mass is 32.7. The highest BCUT2D eigenvalue weighted by molar-refractivity contribution is 8.59. The average molecular weight is 150 g/mol. The zero-order valence-corrected chi connectivity index (χ0v) is 6.13. The van der Waals surface area contributed by atoms with Crippen molar-refractivity contribution in [1.29, 1.82) is 0 Å². The molecule has 0 saturated heterocycles. The smallest absolute Gasteiger partial charge is 0.273 e. The van der Waals surface area contributed by atoms with E-state index in [-0.39, 0.29) is 0 Å². The standard InChI is InChI=1S/C3H7N2OPS/c1-2-3-8-7(4,5)6/h1H3,(H4,4,5,6). The van der Waals surface area contributed by atoms with E-state index in [1.54, 1.807) is 6.92 Å². The van der Waals surface area contributed by atoms with Crippen LogP contribution in [0.2, 0.25) is 0 Å². The topological polar surface area (TPSA) is 69.1 Å². The Hall–Kier alpha value is 0.0600. The van der Waals surface area contributed by atoms with Crippen LogP contribution >= 0.6 is 18.0 Å². The first kappa shape index (κ1) is 8.06. The Morgan fingerprint density at radius 1 is 1.62 bits per heavy atom. The molecular weight excluding hydrogens is 143 g/mol. The second kappa shape index (κ2) is 3.16. The van der Waals surface area contributed by atoms with E-state index in [0.717, 1.165) is 11.4 Å². The minimum absolute atomic E-state index is 0.784. The molecule has 0 atom stereocenters. The van der Waals surface area contributed by atoms with Crippen molar-refractivity contribution >= 4 is 18.0 Å². The maximum absolute atomic E-state index is 10.4. The Balaban J connectivity index is 3.68. The molecule has 3 nitrogen and oxygen atoms in total. The molecule has 8 heavy (non-hydrogen) atoms. The van der Waals surface area contributed by atoms with Gasteiger partial charge in [-0.3, -0.25) is 15.6 Å². The van der Waals surface area contributed by atoms with Crippen molar-refractivity contribution in [2.75, 3.05) is 0 Å². The van der Waals surface area contributed by atoms with Crippen LogP contribution in [0.1, 0.15) is 6.92 Å². The molecule has 0 aromatic rings. The van der Waals surface area contributed by atoms with Crippen LogP contribution < -0.4 is 11.0 Å². The lowest BCUT2D eigenvalue weighted by atomic mass is 10.9. The molecule has 0 radical (unpaired) electrons. The molecule has 0 aliphatic heterocycles. The van der Waals surface area contributed by atoms with Crippen LogP contribution in [0.4, 0.5) is 0 Å². The van der Waals surface area contributed by atoms with Crippen molar-refractivity contribution in [3.63, 3.8) is 0 Å². The van der Waals surface area contributed by atoms with Gasteiger partial charge >= 0.3 is 0 Å². The van der Waals surface area contributed by atoms with Gasteiger partial charge in [0.25, 0.3) is 6.65 Å².